The number of para-hydroxylation sites is 1. The van der Waals surface area contributed by atoms with Gasteiger partial charge in [0.15, 0.2) is 11.5 Å². The van der Waals surface area contributed by atoms with Crippen LogP contribution in [0.1, 0.15) is 22.3 Å². The Kier molecular flexibility index (Phi) is 8.20. The van der Waals surface area contributed by atoms with Gasteiger partial charge in [0, 0.05) is 0 Å². The van der Waals surface area contributed by atoms with Gasteiger partial charge in [-0.05, 0) is 54.3 Å². The molecule has 0 saturated carbocycles. The van der Waals surface area contributed by atoms with E-state index in [4.69, 9.17) is 14.2 Å². The van der Waals surface area contributed by atoms with Crippen LogP contribution < -0.4 is 30.0 Å². The van der Waals surface area contributed by atoms with Crippen molar-refractivity contribution in [3.8, 4) is 17.2 Å². The van der Waals surface area contributed by atoms with Crippen LogP contribution >= 0.6 is 11.8 Å². The molecular formula is C23H23N2O7S-. The van der Waals surface area contributed by atoms with Gasteiger partial charge in [0.1, 0.15) is 11.4 Å². The zero-order valence-corrected chi connectivity index (χ0v) is 18.9. The summed E-state index contributed by atoms with van der Waals surface area (Å²) in [6, 6.07) is 10.3. The average molecular weight is 472 g/mol. The number of hydrogen-bond donors (Lipinski definition) is 2. The molecule has 0 fully saturated rings. The number of amides is 2. The third-order valence-electron chi connectivity index (χ3n) is 4.75. The van der Waals surface area contributed by atoms with E-state index in [9.17, 15) is 19.5 Å². The summed E-state index contributed by atoms with van der Waals surface area (Å²) in [4.78, 5) is 37.4. The van der Waals surface area contributed by atoms with Crippen molar-refractivity contribution in [1.29, 1.82) is 0 Å². The van der Waals surface area contributed by atoms with Gasteiger partial charge in [-0.3, -0.25) is 9.59 Å². The van der Waals surface area contributed by atoms with Crippen LogP contribution in [0.2, 0.25) is 0 Å². The lowest BCUT2D eigenvalue weighted by Gasteiger charge is -2.20. The first-order valence-electron chi connectivity index (χ1n) is 9.99. The number of carboxylic acids is 1. The molecule has 2 amide bonds. The lowest BCUT2D eigenvalue weighted by molar-refractivity contribution is -0.308. The summed E-state index contributed by atoms with van der Waals surface area (Å²) in [5.74, 6) is -0.887. The Morgan fingerprint density at radius 1 is 1.18 bits per heavy atom. The van der Waals surface area contributed by atoms with Gasteiger partial charge >= 0.3 is 0 Å². The Balaban J connectivity index is 1.90. The normalized spacial score (nSPS) is 13.2. The number of thioether (sulfide) groups is 1. The monoisotopic (exact) mass is 471 g/mol. The van der Waals surface area contributed by atoms with Crippen LogP contribution in [0.3, 0.4) is 0 Å². The van der Waals surface area contributed by atoms with Gasteiger partial charge in [-0.15, -0.1) is 0 Å². The number of nitrogens with one attached hydrogen (secondary N) is 2. The van der Waals surface area contributed by atoms with Gasteiger partial charge in [-0.25, -0.2) is 0 Å². The number of benzene rings is 2. The van der Waals surface area contributed by atoms with Crippen molar-refractivity contribution in [3.63, 3.8) is 0 Å². The number of aliphatic carboxylic acids is 1. The minimum atomic E-state index is -1.41. The minimum absolute atomic E-state index is 0.0864. The second-order valence-corrected chi connectivity index (χ2v) is 7.94. The van der Waals surface area contributed by atoms with Crippen molar-refractivity contribution < 1.29 is 33.7 Å². The number of carboxylic acid groups (broad SMARTS) is 1. The maximum Gasteiger partial charge on any atom is 0.268 e. The van der Waals surface area contributed by atoms with Crippen LogP contribution in [0, 0.1) is 0 Å². The number of carbonyl (C=O) groups excluding carboxylic acids is 3. The van der Waals surface area contributed by atoms with E-state index in [1.54, 1.807) is 42.5 Å². The summed E-state index contributed by atoms with van der Waals surface area (Å²) < 4.78 is 15.9. The first kappa shape index (κ1) is 24.0. The molecule has 2 N–H and O–H groups in total. The summed E-state index contributed by atoms with van der Waals surface area (Å²) in [5, 5.41) is 16.5. The fraction of sp³-hybridized carbons (Fsp3) is 0.261. The highest BCUT2D eigenvalue weighted by Crippen LogP contribution is 2.33. The van der Waals surface area contributed by atoms with Gasteiger partial charge in [-0.1, -0.05) is 18.2 Å². The zero-order chi connectivity index (χ0) is 23.8. The summed E-state index contributed by atoms with van der Waals surface area (Å²) in [5.41, 5.74) is 0.599. The number of rotatable bonds is 10. The van der Waals surface area contributed by atoms with Crippen molar-refractivity contribution in [1.82, 2.24) is 10.6 Å². The molecule has 0 spiro atoms. The van der Waals surface area contributed by atoms with E-state index in [1.807, 2.05) is 6.26 Å². The Morgan fingerprint density at radius 3 is 2.67 bits per heavy atom. The van der Waals surface area contributed by atoms with E-state index in [1.165, 1.54) is 24.9 Å². The van der Waals surface area contributed by atoms with Crippen molar-refractivity contribution in [2.75, 3.05) is 25.9 Å². The molecule has 1 aliphatic rings. The summed E-state index contributed by atoms with van der Waals surface area (Å²) in [6.45, 7) is 0.0864. The average Bonchev–Trinajstić information content (AvgIpc) is 3.28. The van der Waals surface area contributed by atoms with Crippen molar-refractivity contribution in [2.45, 2.75) is 12.5 Å². The van der Waals surface area contributed by atoms with Gasteiger partial charge < -0.3 is 34.7 Å². The Labute approximate surface area is 195 Å². The van der Waals surface area contributed by atoms with Crippen LogP contribution in [0.25, 0.3) is 6.08 Å². The lowest BCUT2D eigenvalue weighted by Crippen LogP contribution is -2.50. The number of methoxy groups -OCH3 is 1. The van der Waals surface area contributed by atoms with E-state index in [2.05, 4.69) is 10.6 Å². The van der Waals surface area contributed by atoms with E-state index >= 15 is 0 Å². The maximum atomic E-state index is 13.0. The fourth-order valence-electron chi connectivity index (χ4n) is 3.07. The molecule has 1 aliphatic heterocycles. The Hall–Kier alpha value is -3.66. The van der Waals surface area contributed by atoms with Crippen LogP contribution in [-0.4, -0.2) is 49.7 Å². The molecule has 1 atom stereocenters. The molecule has 3 rings (SSSR count). The predicted octanol–water partition coefficient (Wildman–Crippen LogP) is 1.18. The first-order valence-corrected chi connectivity index (χ1v) is 11.4. The van der Waals surface area contributed by atoms with Gasteiger partial charge in [0.25, 0.3) is 11.8 Å². The molecule has 0 aliphatic carbocycles. The summed E-state index contributed by atoms with van der Waals surface area (Å²) in [7, 11) is 1.43. The van der Waals surface area contributed by atoms with Gasteiger partial charge in [0.05, 0.1) is 24.7 Å². The Bertz CT molecular complexity index is 1070. The molecule has 0 radical (unpaired) electrons. The molecule has 0 aromatic heterocycles. The van der Waals surface area contributed by atoms with Crippen LogP contribution in [0.4, 0.5) is 0 Å². The standard InChI is InChI=1S/C23H24N2O7S/c1-30-18-6-4-3-5-15(18)21(26)25-17(22(27)24-16(23(28)29)9-10-33-2)11-14-7-8-19-20(12-14)32-13-31-19/h3-8,11-12,16H,9-10,13H2,1-2H3,(H,24,27)(H,25,26)(H,28,29)/p-1/b17-11+/t16-/m1/s1. The number of hydrogen-bond acceptors (Lipinski definition) is 8. The van der Waals surface area contributed by atoms with Gasteiger partial charge in [0.2, 0.25) is 6.79 Å². The first-order chi connectivity index (χ1) is 15.9. The molecule has 9 nitrogen and oxygen atoms in total. The third-order valence-corrected chi connectivity index (χ3v) is 5.40. The number of fused-ring (bicyclic) bond motifs is 1. The molecular weight excluding hydrogens is 448 g/mol. The quantitative estimate of drug-likeness (QED) is 0.495. The molecule has 10 heteroatoms. The number of ether oxygens (including phenoxy) is 3. The van der Waals surface area contributed by atoms with Crippen molar-refractivity contribution >= 4 is 35.6 Å². The largest absolute Gasteiger partial charge is 0.548 e. The molecule has 2 aromatic carbocycles. The van der Waals surface area contributed by atoms with E-state index in [0.717, 1.165) is 0 Å². The zero-order valence-electron chi connectivity index (χ0n) is 18.1. The molecule has 0 unspecified atom stereocenters. The second kappa shape index (κ2) is 11.3. The van der Waals surface area contributed by atoms with Crippen LogP contribution in [0.15, 0.2) is 48.2 Å². The third kappa shape index (κ3) is 6.19. The lowest BCUT2D eigenvalue weighted by atomic mass is 10.1. The molecule has 33 heavy (non-hydrogen) atoms. The topological polar surface area (TPSA) is 126 Å². The maximum absolute atomic E-state index is 13.0. The SMILES string of the molecule is COc1ccccc1C(=O)N/C(=C/c1ccc2c(c1)OCO2)C(=O)N[C@H](CCSC)C(=O)[O-]. The number of carbonyl (C=O) groups is 3. The smallest absolute Gasteiger partial charge is 0.268 e. The highest BCUT2D eigenvalue weighted by molar-refractivity contribution is 7.98. The predicted molar refractivity (Wildman–Crippen MR) is 121 cm³/mol. The van der Waals surface area contributed by atoms with Crippen molar-refractivity contribution in [2.24, 2.45) is 0 Å². The highest BCUT2D eigenvalue weighted by atomic mass is 32.2. The summed E-state index contributed by atoms with van der Waals surface area (Å²) in [6.07, 6.45) is 3.42. The molecule has 1 heterocycles. The van der Waals surface area contributed by atoms with Crippen LogP contribution in [-0.2, 0) is 9.59 Å². The summed E-state index contributed by atoms with van der Waals surface area (Å²) >= 11 is 1.44. The minimum Gasteiger partial charge on any atom is -0.548 e. The van der Waals surface area contributed by atoms with E-state index in [-0.39, 0.29) is 24.5 Å². The fourth-order valence-corrected chi connectivity index (χ4v) is 3.54. The van der Waals surface area contributed by atoms with E-state index in [0.29, 0.717) is 28.6 Å². The molecule has 0 bridgehead atoms. The highest BCUT2D eigenvalue weighted by Gasteiger charge is 2.21. The molecule has 2 aromatic rings. The second-order valence-electron chi connectivity index (χ2n) is 6.95. The van der Waals surface area contributed by atoms with Crippen LogP contribution in [0.5, 0.6) is 17.2 Å². The molecule has 174 valence electrons. The van der Waals surface area contributed by atoms with Crippen molar-refractivity contribution in [3.05, 3.63) is 59.3 Å². The Morgan fingerprint density at radius 2 is 1.94 bits per heavy atom. The van der Waals surface area contributed by atoms with E-state index < -0.39 is 23.8 Å². The molecule has 0 saturated heterocycles. The van der Waals surface area contributed by atoms with Gasteiger partial charge in [-0.2, -0.15) is 11.8 Å².